The molecule has 6 heteroatoms. The molecule has 6 nitrogen and oxygen atoms in total. The molecule has 2 rings (SSSR count). The molecule has 1 aliphatic rings. The maximum absolute atomic E-state index is 12.3. The van der Waals surface area contributed by atoms with Crippen molar-refractivity contribution in [3.05, 3.63) is 11.4 Å². The smallest absolute Gasteiger partial charge is 0.274 e. The van der Waals surface area contributed by atoms with Gasteiger partial charge in [0.2, 0.25) is 0 Å². The highest BCUT2D eigenvalue weighted by Gasteiger charge is 2.46. The topological polar surface area (TPSA) is 84.4 Å². The molecule has 1 aromatic heterocycles. The van der Waals surface area contributed by atoms with E-state index < -0.39 is 5.60 Å². The highest BCUT2D eigenvalue weighted by Crippen LogP contribution is 2.30. The fraction of sp³-hybridized carbons (Fsp3) is 0.667. The summed E-state index contributed by atoms with van der Waals surface area (Å²) in [5, 5.41) is 14.3. The second-order valence-corrected chi connectivity index (χ2v) is 5.39. The first-order valence-electron chi connectivity index (χ1n) is 6.07. The summed E-state index contributed by atoms with van der Waals surface area (Å²) in [6.45, 7) is 6.38. The number of aromatic nitrogens is 2. The van der Waals surface area contributed by atoms with Gasteiger partial charge in [-0.2, -0.15) is 5.10 Å². The Kier molecular flexibility index (Phi) is 2.85. The monoisotopic (exact) mass is 252 g/mol. The van der Waals surface area contributed by atoms with Crippen molar-refractivity contribution in [3.8, 4) is 0 Å². The molecule has 1 saturated heterocycles. The van der Waals surface area contributed by atoms with E-state index in [0.717, 1.165) is 0 Å². The van der Waals surface area contributed by atoms with Gasteiger partial charge in [-0.25, -0.2) is 0 Å². The van der Waals surface area contributed by atoms with Crippen molar-refractivity contribution in [3.63, 3.8) is 0 Å². The van der Waals surface area contributed by atoms with Crippen LogP contribution in [0.25, 0.3) is 0 Å². The summed E-state index contributed by atoms with van der Waals surface area (Å²) < 4.78 is 1.50. The van der Waals surface area contributed by atoms with Crippen LogP contribution >= 0.6 is 0 Å². The number of β-amino-alcohol motifs (C(OH)–C–C–N with tert-alkyl or cyclic N) is 1. The number of hydrogen-bond donors (Lipinski definition) is 2. The number of nitrogens with two attached hydrogens (primary N) is 1. The van der Waals surface area contributed by atoms with Crippen LogP contribution in [0.5, 0.6) is 0 Å². The van der Waals surface area contributed by atoms with Gasteiger partial charge in [-0.1, -0.05) is 13.8 Å². The van der Waals surface area contributed by atoms with Gasteiger partial charge in [0, 0.05) is 7.05 Å². The number of amides is 1. The Bertz CT molecular complexity index is 487. The summed E-state index contributed by atoms with van der Waals surface area (Å²) in [4.78, 5) is 13.9. The lowest BCUT2D eigenvalue weighted by Gasteiger charge is -2.48. The van der Waals surface area contributed by atoms with Gasteiger partial charge in [-0.3, -0.25) is 9.48 Å². The Morgan fingerprint density at radius 2 is 2.06 bits per heavy atom. The number of aryl methyl sites for hydroxylation is 2. The quantitative estimate of drug-likeness (QED) is 0.785. The lowest BCUT2D eigenvalue weighted by Crippen LogP contribution is -2.66. The van der Waals surface area contributed by atoms with Crippen LogP contribution in [-0.4, -0.2) is 44.4 Å². The highest BCUT2D eigenvalue weighted by atomic mass is 16.3. The Morgan fingerprint density at radius 1 is 1.50 bits per heavy atom. The van der Waals surface area contributed by atoms with Crippen LogP contribution in [0.2, 0.25) is 0 Å². The predicted octanol–water partition coefficient (Wildman–Crippen LogP) is 0.154. The van der Waals surface area contributed by atoms with Gasteiger partial charge in [0.1, 0.15) is 11.3 Å². The van der Waals surface area contributed by atoms with Crippen LogP contribution in [0.3, 0.4) is 0 Å². The van der Waals surface area contributed by atoms with E-state index in [-0.39, 0.29) is 11.8 Å². The van der Waals surface area contributed by atoms with E-state index in [1.165, 1.54) is 4.68 Å². The number of carbonyl (C=O) groups is 1. The molecule has 2 heterocycles. The van der Waals surface area contributed by atoms with Gasteiger partial charge >= 0.3 is 0 Å². The average Bonchev–Trinajstić information content (AvgIpc) is 2.47. The number of nitrogen functional groups attached to an aromatic ring is 1. The zero-order chi connectivity index (χ0) is 13.7. The molecule has 0 aromatic carbocycles. The zero-order valence-corrected chi connectivity index (χ0v) is 11.3. The lowest BCUT2D eigenvalue weighted by molar-refractivity contribution is -0.111. The molecule has 0 radical (unpaired) electrons. The van der Waals surface area contributed by atoms with Crippen molar-refractivity contribution in [1.29, 1.82) is 0 Å². The largest absolute Gasteiger partial charge is 0.395 e. The molecule has 1 amide bonds. The molecule has 1 aromatic rings. The molecule has 0 aliphatic carbocycles. The third kappa shape index (κ3) is 1.77. The Balaban J connectivity index is 2.16. The van der Waals surface area contributed by atoms with E-state index in [0.29, 0.717) is 30.2 Å². The van der Waals surface area contributed by atoms with Crippen molar-refractivity contribution in [2.45, 2.75) is 26.4 Å². The van der Waals surface area contributed by atoms with E-state index in [1.807, 2.05) is 13.8 Å². The number of rotatable bonds is 2. The Hall–Kier alpha value is -1.56. The van der Waals surface area contributed by atoms with Crippen LogP contribution in [0.4, 0.5) is 5.69 Å². The molecule has 100 valence electrons. The number of carbonyl (C=O) groups excluding carboxylic acids is 1. The van der Waals surface area contributed by atoms with Gasteiger partial charge in [0.15, 0.2) is 0 Å². The van der Waals surface area contributed by atoms with E-state index in [1.54, 1.807) is 18.9 Å². The van der Waals surface area contributed by atoms with Gasteiger partial charge in [-0.05, 0) is 12.8 Å². The van der Waals surface area contributed by atoms with E-state index in [2.05, 4.69) is 5.10 Å². The normalized spacial score (nSPS) is 18.0. The third-order valence-electron chi connectivity index (χ3n) is 3.76. The molecule has 1 aliphatic heterocycles. The number of hydrogen-bond acceptors (Lipinski definition) is 4. The first-order chi connectivity index (χ1) is 8.26. The van der Waals surface area contributed by atoms with E-state index in [4.69, 9.17) is 5.73 Å². The van der Waals surface area contributed by atoms with Crippen LogP contribution in [0, 0.1) is 12.8 Å². The van der Waals surface area contributed by atoms with Crippen molar-refractivity contribution in [1.82, 2.24) is 14.7 Å². The molecule has 0 spiro atoms. The summed E-state index contributed by atoms with van der Waals surface area (Å²) in [5.74, 6) is -0.0342. The molecular formula is C12H20N4O2. The van der Waals surface area contributed by atoms with Crippen LogP contribution in [0.1, 0.15) is 30.0 Å². The Labute approximate surface area is 106 Å². The Morgan fingerprint density at radius 3 is 2.44 bits per heavy atom. The number of anilines is 1. The maximum atomic E-state index is 12.3. The van der Waals surface area contributed by atoms with Gasteiger partial charge in [0.25, 0.3) is 5.91 Å². The van der Waals surface area contributed by atoms with Crippen molar-refractivity contribution < 1.29 is 9.90 Å². The minimum atomic E-state index is -0.766. The first-order valence-corrected chi connectivity index (χ1v) is 6.07. The highest BCUT2D eigenvalue weighted by molar-refractivity contribution is 5.98. The number of likely N-dealkylation sites (tertiary alicyclic amines) is 1. The predicted molar refractivity (Wildman–Crippen MR) is 68.0 cm³/mol. The SMILES string of the molecule is Cc1nn(C)c(C(=O)N2CC(O)(C(C)C)C2)c1N. The van der Waals surface area contributed by atoms with Crippen molar-refractivity contribution in [2.24, 2.45) is 13.0 Å². The fourth-order valence-electron chi connectivity index (χ4n) is 2.20. The van der Waals surface area contributed by atoms with E-state index >= 15 is 0 Å². The lowest BCUT2D eigenvalue weighted by atomic mass is 9.83. The molecule has 18 heavy (non-hydrogen) atoms. The van der Waals surface area contributed by atoms with E-state index in [9.17, 15) is 9.90 Å². The van der Waals surface area contributed by atoms with Gasteiger partial charge in [0.05, 0.1) is 24.5 Å². The van der Waals surface area contributed by atoms with Crippen molar-refractivity contribution in [2.75, 3.05) is 18.8 Å². The summed E-state index contributed by atoms with van der Waals surface area (Å²) >= 11 is 0. The number of nitrogens with zero attached hydrogens (tertiary/aromatic N) is 3. The summed E-state index contributed by atoms with van der Waals surface area (Å²) in [6, 6.07) is 0. The van der Waals surface area contributed by atoms with Gasteiger partial charge in [-0.15, -0.1) is 0 Å². The molecule has 0 atom stereocenters. The van der Waals surface area contributed by atoms with Crippen LogP contribution in [0.15, 0.2) is 0 Å². The molecule has 0 bridgehead atoms. The average molecular weight is 252 g/mol. The molecule has 0 unspecified atom stereocenters. The summed E-state index contributed by atoms with van der Waals surface area (Å²) in [5.41, 5.74) is 6.56. The molecule has 3 N–H and O–H groups in total. The summed E-state index contributed by atoms with van der Waals surface area (Å²) in [6.07, 6.45) is 0. The minimum Gasteiger partial charge on any atom is -0.395 e. The molecular weight excluding hydrogens is 232 g/mol. The zero-order valence-electron chi connectivity index (χ0n) is 11.3. The molecule has 1 fully saturated rings. The number of aliphatic hydroxyl groups is 1. The standard InChI is InChI=1S/C12H20N4O2/c1-7(2)12(18)5-16(6-12)11(17)10-9(13)8(3)14-15(10)4/h7,18H,5-6,13H2,1-4H3. The fourth-order valence-corrected chi connectivity index (χ4v) is 2.20. The second kappa shape index (κ2) is 3.98. The van der Waals surface area contributed by atoms with Gasteiger partial charge < -0.3 is 15.7 Å². The first kappa shape index (κ1) is 12.9. The summed E-state index contributed by atoms with van der Waals surface area (Å²) in [7, 11) is 1.70. The maximum Gasteiger partial charge on any atom is 0.274 e. The van der Waals surface area contributed by atoms with Crippen LogP contribution < -0.4 is 5.73 Å². The molecule has 0 saturated carbocycles. The van der Waals surface area contributed by atoms with Crippen LogP contribution in [-0.2, 0) is 7.05 Å². The third-order valence-corrected chi connectivity index (χ3v) is 3.76. The van der Waals surface area contributed by atoms with Crippen molar-refractivity contribution >= 4 is 11.6 Å². The minimum absolute atomic E-state index is 0.132. The second-order valence-electron chi connectivity index (χ2n) is 5.39.